The Morgan fingerprint density at radius 1 is 1.37 bits per heavy atom. The highest BCUT2D eigenvalue weighted by Crippen LogP contribution is 2.39. The predicted octanol–water partition coefficient (Wildman–Crippen LogP) is 3.28. The van der Waals surface area contributed by atoms with E-state index < -0.39 is 17.7 Å². The molecule has 0 spiro atoms. The van der Waals surface area contributed by atoms with Crippen molar-refractivity contribution < 1.29 is 18.6 Å². The van der Waals surface area contributed by atoms with Gasteiger partial charge in [0.15, 0.2) is 11.6 Å². The molecule has 108 valence electrons. The first-order valence-corrected chi connectivity index (χ1v) is 6.51. The number of phenolic OH excluding ortho intramolecular Hbond substituents is 1. The van der Waals surface area contributed by atoms with Gasteiger partial charge in [-0.1, -0.05) is 0 Å². The van der Waals surface area contributed by atoms with Crippen LogP contribution >= 0.6 is 28.3 Å². The van der Waals surface area contributed by atoms with Crippen molar-refractivity contribution in [2.45, 2.75) is 18.9 Å². The molecule has 0 amide bonds. The second kappa shape index (κ2) is 6.83. The van der Waals surface area contributed by atoms with Gasteiger partial charge < -0.3 is 15.6 Å². The highest BCUT2D eigenvalue weighted by Gasteiger charge is 2.29. The molecule has 3 N–H and O–H groups in total. The molecule has 1 saturated heterocycles. The molecule has 1 fully saturated rings. The van der Waals surface area contributed by atoms with Crippen LogP contribution in [0.3, 0.4) is 0 Å². The molecule has 7 heteroatoms. The average molecular weight is 359 g/mol. The van der Waals surface area contributed by atoms with Crippen LogP contribution in [0.1, 0.15) is 24.4 Å². The lowest BCUT2D eigenvalue weighted by Gasteiger charge is -2.28. The Labute approximate surface area is 124 Å². The molecule has 0 aromatic heterocycles. The van der Waals surface area contributed by atoms with Gasteiger partial charge in [-0.3, -0.25) is 0 Å². The van der Waals surface area contributed by atoms with E-state index in [1.807, 2.05) is 0 Å². The van der Waals surface area contributed by atoms with E-state index in [-0.39, 0.29) is 34.1 Å². The summed E-state index contributed by atoms with van der Waals surface area (Å²) in [5.41, 5.74) is 5.81. The molecule has 1 aliphatic heterocycles. The van der Waals surface area contributed by atoms with Gasteiger partial charge in [0.1, 0.15) is 5.75 Å². The van der Waals surface area contributed by atoms with Crippen LogP contribution in [-0.4, -0.2) is 18.3 Å². The zero-order chi connectivity index (χ0) is 13.3. The first-order chi connectivity index (χ1) is 8.52. The molecule has 3 nitrogen and oxygen atoms in total. The monoisotopic (exact) mass is 357 g/mol. The van der Waals surface area contributed by atoms with Crippen LogP contribution in [0.15, 0.2) is 10.5 Å². The Morgan fingerprint density at radius 3 is 2.53 bits per heavy atom. The maximum atomic E-state index is 13.8. The van der Waals surface area contributed by atoms with Crippen molar-refractivity contribution >= 4 is 28.3 Å². The number of halogens is 4. The number of ether oxygens (including phenoxy) is 1. The maximum absolute atomic E-state index is 13.8. The fraction of sp³-hybridized carbons (Fsp3) is 0.500. The van der Waals surface area contributed by atoms with Gasteiger partial charge in [-0.05, 0) is 40.8 Å². The summed E-state index contributed by atoms with van der Waals surface area (Å²) < 4.78 is 32.4. The first kappa shape index (κ1) is 16.6. The number of rotatable bonds is 2. The first-order valence-electron chi connectivity index (χ1n) is 5.72. The SMILES string of the molecule is Cl.N[C@@H](c1c(O)c(Br)cc(F)c1F)C1CCOCC1. The van der Waals surface area contributed by atoms with Gasteiger partial charge in [-0.15, -0.1) is 12.4 Å². The topological polar surface area (TPSA) is 55.5 Å². The molecule has 0 bridgehead atoms. The van der Waals surface area contributed by atoms with Crippen molar-refractivity contribution in [3.8, 4) is 5.75 Å². The standard InChI is InChI=1S/C12H14BrF2NO2.ClH/c13-7-5-8(14)10(15)9(12(7)17)11(16)6-1-3-18-4-2-6;/h5-6,11,17H,1-4,16H2;1H/t11-;/m1./s1. The minimum atomic E-state index is -1.07. The van der Waals surface area contributed by atoms with Crippen molar-refractivity contribution in [2.75, 3.05) is 13.2 Å². The van der Waals surface area contributed by atoms with E-state index in [0.29, 0.717) is 26.1 Å². The van der Waals surface area contributed by atoms with Gasteiger partial charge in [0.05, 0.1) is 10.0 Å². The van der Waals surface area contributed by atoms with Crippen molar-refractivity contribution in [2.24, 2.45) is 11.7 Å². The fourth-order valence-electron chi connectivity index (χ4n) is 2.22. The molecular weight excluding hydrogens is 343 g/mol. The second-order valence-corrected chi connectivity index (χ2v) is 5.25. The van der Waals surface area contributed by atoms with Gasteiger partial charge in [0.2, 0.25) is 0 Å². The highest BCUT2D eigenvalue weighted by atomic mass is 79.9. The molecule has 1 atom stereocenters. The van der Waals surface area contributed by atoms with E-state index in [1.165, 1.54) is 0 Å². The van der Waals surface area contributed by atoms with Crippen molar-refractivity contribution in [1.82, 2.24) is 0 Å². The van der Waals surface area contributed by atoms with Crippen LogP contribution in [0.2, 0.25) is 0 Å². The number of nitrogens with two attached hydrogens (primary N) is 1. The maximum Gasteiger partial charge on any atom is 0.167 e. The lowest BCUT2D eigenvalue weighted by Crippen LogP contribution is -2.28. The summed E-state index contributed by atoms with van der Waals surface area (Å²) >= 11 is 2.99. The van der Waals surface area contributed by atoms with E-state index in [1.54, 1.807) is 0 Å². The van der Waals surface area contributed by atoms with Gasteiger partial charge >= 0.3 is 0 Å². The number of hydrogen-bond acceptors (Lipinski definition) is 3. The third-order valence-electron chi connectivity index (χ3n) is 3.29. The minimum absolute atomic E-state index is 0. The number of phenols is 1. The Balaban J connectivity index is 0.00000180. The molecule has 1 aliphatic rings. The van der Waals surface area contributed by atoms with Crippen LogP contribution in [0.5, 0.6) is 5.75 Å². The Kier molecular flexibility index (Phi) is 5.98. The minimum Gasteiger partial charge on any atom is -0.506 e. The third-order valence-corrected chi connectivity index (χ3v) is 3.89. The van der Waals surface area contributed by atoms with E-state index in [9.17, 15) is 13.9 Å². The fourth-order valence-corrected chi connectivity index (χ4v) is 2.63. The Hall–Kier alpha value is -0.430. The lowest BCUT2D eigenvalue weighted by molar-refractivity contribution is 0.0576. The van der Waals surface area contributed by atoms with Crippen LogP contribution in [0.25, 0.3) is 0 Å². The molecule has 1 aromatic rings. The normalized spacial score (nSPS) is 17.9. The third kappa shape index (κ3) is 3.37. The molecule has 19 heavy (non-hydrogen) atoms. The molecule has 2 rings (SSSR count). The van der Waals surface area contributed by atoms with Crippen molar-refractivity contribution in [3.05, 3.63) is 27.7 Å². The van der Waals surface area contributed by atoms with Crippen LogP contribution in [0, 0.1) is 17.6 Å². The van der Waals surface area contributed by atoms with Crippen LogP contribution in [-0.2, 0) is 4.74 Å². The summed E-state index contributed by atoms with van der Waals surface area (Å²) in [4.78, 5) is 0. The molecule has 1 aromatic carbocycles. The number of hydrogen-bond donors (Lipinski definition) is 2. The molecule has 0 saturated carbocycles. The summed E-state index contributed by atoms with van der Waals surface area (Å²) in [5, 5.41) is 9.84. The van der Waals surface area contributed by atoms with E-state index in [0.717, 1.165) is 6.07 Å². The Morgan fingerprint density at radius 2 is 1.95 bits per heavy atom. The molecule has 1 heterocycles. The smallest absolute Gasteiger partial charge is 0.167 e. The quantitative estimate of drug-likeness (QED) is 0.798. The largest absolute Gasteiger partial charge is 0.506 e. The Bertz CT molecular complexity index is 430. The molecule has 0 unspecified atom stereocenters. The second-order valence-electron chi connectivity index (χ2n) is 4.39. The zero-order valence-corrected chi connectivity index (χ0v) is 12.4. The summed E-state index contributed by atoms with van der Waals surface area (Å²) in [6.45, 7) is 1.11. The van der Waals surface area contributed by atoms with Gasteiger partial charge in [0, 0.05) is 19.3 Å². The molecule has 0 radical (unpaired) electrons. The van der Waals surface area contributed by atoms with E-state index >= 15 is 0 Å². The molecular formula is C12H15BrClF2NO2. The number of aromatic hydroxyl groups is 1. The zero-order valence-electron chi connectivity index (χ0n) is 10.0. The summed E-state index contributed by atoms with van der Waals surface area (Å²) in [6, 6.07) is 0.158. The van der Waals surface area contributed by atoms with E-state index in [2.05, 4.69) is 15.9 Å². The summed E-state index contributed by atoms with van der Waals surface area (Å²) in [6.07, 6.45) is 1.35. The number of benzene rings is 1. The van der Waals surface area contributed by atoms with Gasteiger partial charge in [-0.25, -0.2) is 8.78 Å². The predicted molar refractivity (Wildman–Crippen MR) is 73.4 cm³/mol. The van der Waals surface area contributed by atoms with Crippen molar-refractivity contribution in [3.63, 3.8) is 0 Å². The average Bonchev–Trinajstić information content (AvgIpc) is 2.37. The summed E-state index contributed by atoms with van der Waals surface area (Å²) in [7, 11) is 0. The van der Waals surface area contributed by atoms with Crippen LogP contribution in [0.4, 0.5) is 8.78 Å². The lowest BCUT2D eigenvalue weighted by atomic mass is 9.87. The van der Waals surface area contributed by atoms with Gasteiger partial charge in [-0.2, -0.15) is 0 Å². The highest BCUT2D eigenvalue weighted by molar-refractivity contribution is 9.10. The van der Waals surface area contributed by atoms with Crippen molar-refractivity contribution in [1.29, 1.82) is 0 Å². The van der Waals surface area contributed by atoms with E-state index in [4.69, 9.17) is 10.5 Å². The van der Waals surface area contributed by atoms with Crippen LogP contribution < -0.4 is 5.73 Å². The summed E-state index contributed by atoms with van der Waals surface area (Å²) in [5.74, 6) is -2.44. The molecule has 0 aliphatic carbocycles. The van der Waals surface area contributed by atoms with Gasteiger partial charge in [0.25, 0.3) is 0 Å².